The van der Waals surface area contributed by atoms with Crippen molar-refractivity contribution >= 4 is 21.6 Å². The molecule has 0 radical (unpaired) electrons. The Kier molecular flexibility index (Phi) is 4.82. The molecular weight excluding hydrogens is 306 g/mol. The Labute approximate surface area is 121 Å². The monoisotopic (exact) mass is 321 g/mol. The second-order valence-corrected chi connectivity index (χ2v) is 5.07. The van der Waals surface area contributed by atoms with Crippen molar-refractivity contribution in [2.45, 2.75) is 13.0 Å². The van der Waals surface area contributed by atoms with Gasteiger partial charge in [-0.05, 0) is 36.2 Å². The lowest BCUT2D eigenvalue weighted by Crippen LogP contribution is -2.01. The lowest BCUT2D eigenvalue weighted by atomic mass is 10.1. The van der Waals surface area contributed by atoms with Crippen molar-refractivity contribution in [3.8, 4) is 5.75 Å². The lowest BCUT2D eigenvalue weighted by molar-refractivity contribution is 0.298. The molecule has 19 heavy (non-hydrogen) atoms. The van der Waals surface area contributed by atoms with Crippen molar-refractivity contribution in [2.75, 3.05) is 12.3 Å². The van der Waals surface area contributed by atoms with Crippen LogP contribution in [-0.4, -0.2) is 11.7 Å². The van der Waals surface area contributed by atoms with Gasteiger partial charge >= 0.3 is 0 Å². The third-order valence-electron chi connectivity index (χ3n) is 2.86. The first kappa shape index (κ1) is 13.9. The van der Waals surface area contributed by atoms with Gasteiger partial charge in [0.25, 0.3) is 0 Å². The molecule has 0 saturated carbocycles. The summed E-state index contributed by atoms with van der Waals surface area (Å²) < 4.78 is 6.66. The molecule has 0 aliphatic rings. The van der Waals surface area contributed by atoms with E-state index in [-0.39, 0.29) is 6.61 Å². The number of rotatable bonds is 5. The van der Waals surface area contributed by atoms with Crippen LogP contribution in [0.4, 0.5) is 5.69 Å². The summed E-state index contributed by atoms with van der Waals surface area (Å²) in [6.45, 7) is 0.584. The number of halogens is 1. The van der Waals surface area contributed by atoms with Gasteiger partial charge in [0.15, 0.2) is 0 Å². The molecule has 0 bridgehead atoms. The van der Waals surface area contributed by atoms with E-state index in [0.717, 1.165) is 21.3 Å². The number of nitrogens with two attached hydrogens (primary N) is 1. The fraction of sp³-hybridized carbons (Fsp3) is 0.200. The highest BCUT2D eigenvalue weighted by atomic mass is 79.9. The molecule has 3 N–H and O–H groups in total. The van der Waals surface area contributed by atoms with Gasteiger partial charge < -0.3 is 15.6 Å². The van der Waals surface area contributed by atoms with Crippen LogP contribution >= 0.6 is 15.9 Å². The van der Waals surface area contributed by atoms with E-state index in [4.69, 9.17) is 15.6 Å². The first-order valence-electron chi connectivity index (χ1n) is 6.06. The second kappa shape index (κ2) is 6.59. The molecular formula is C15H16BrNO2. The molecule has 100 valence electrons. The zero-order chi connectivity index (χ0) is 13.7. The van der Waals surface area contributed by atoms with Crippen molar-refractivity contribution in [1.82, 2.24) is 0 Å². The topological polar surface area (TPSA) is 55.5 Å². The lowest BCUT2D eigenvalue weighted by Gasteiger charge is -2.10. The van der Waals surface area contributed by atoms with Crippen LogP contribution in [0, 0.1) is 0 Å². The predicted molar refractivity (Wildman–Crippen MR) is 80.1 cm³/mol. The third kappa shape index (κ3) is 3.72. The van der Waals surface area contributed by atoms with E-state index in [0.29, 0.717) is 18.7 Å². The first-order chi connectivity index (χ1) is 9.20. The Morgan fingerprint density at radius 3 is 2.47 bits per heavy atom. The van der Waals surface area contributed by atoms with Crippen molar-refractivity contribution in [1.29, 1.82) is 0 Å². The summed E-state index contributed by atoms with van der Waals surface area (Å²) >= 11 is 3.47. The minimum Gasteiger partial charge on any atom is -0.489 e. The smallest absolute Gasteiger partial charge is 0.119 e. The zero-order valence-corrected chi connectivity index (χ0v) is 12.1. The Morgan fingerprint density at radius 2 is 1.84 bits per heavy atom. The van der Waals surface area contributed by atoms with Gasteiger partial charge in [0.2, 0.25) is 0 Å². The molecule has 0 spiro atoms. The minimum atomic E-state index is 0.160. The zero-order valence-electron chi connectivity index (χ0n) is 10.5. The van der Waals surface area contributed by atoms with Crippen LogP contribution in [0.25, 0.3) is 0 Å². The quantitative estimate of drug-likeness (QED) is 0.832. The number of hydrogen-bond acceptors (Lipinski definition) is 3. The van der Waals surface area contributed by atoms with Crippen molar-refractivity contribution in [2.24, 2.45) is 0 Å². The standard InChI is InChI=1S/C15H16BrNO2/c16-14-2-1-3-15(17)13(14)10-19-12-6-4-11(5-7-12)8-9-18/h1-7,18H,8-10,17H2. The maximum Gasteiger partial charge on any atom is 0.119 e. The summed E-state index contributed by atoms with van der Waals surface area (Å²) in [5.74, 6) is 0.789. The Hall–Kier alpha value is -1.52. The molecule has 0 atom stereocenters. The molecule has 0 unspecified atom stereocenters. The van der Waals surface area contributed by atoms with Crippen LogP contribution in [0.3, 0.4) is 0 Å². The maximum atomic E-state index is 8.85. The number of anilines is 1. The van der Waals surface area contributed by atoms with Crippen LogP contribution < -0.4 is 10.5 Å². The van der Waals surface area contributed by atoms with E-state index in [1.165, 1.54) is 0 Å². The molecule has 0 saturated heterocycles. The average Bonchev–Trinajstić information content (AvgIpc) is 2.40. The highest BCUT2D eigenvalue weighted by Crippen LogP contribution is 2.24. The summed E-state index contributed by atoms with van der Waals surface area (Å²) in [6, 6.07) is 13.4. The van der Waals surface area contributed by atoms with Gasteiger partial charge in [-0.3, -0.25) is 0 Å². The molecule has 0 aromatic heterocycles. The fourth-order valence-corrected chi connectivity index (χ4v) is 2.26. The highest BCUT2D eigenvalue weighted by molar-refractivity contribution is 9.10. The number of hydrogen-bond donors (Lipinski definition) is 2. The van der Waals surface area contributed by atoms with E-state index < -0.39 is 0 Å². The molecule has 0 fully saturated rings. The predicted octanol–water partition coefficient (Wildman–Crippen LogP) is 3.15. The van der Waals surface area contributed by atoms with E-state index in [1.807, 2.05) is 42.5 Å². The van der Waals surface area contributed by atoms with Crippen LogP contribution in [0.15, 0.2) is 46.9 Å². The Balaban J connectivity index is 2.02. The number of aliphatic hydroxyl groups excluding tert-OH is 1. The molecule has 4 heteroatoms. The molecule has 2 rings (SSSR count). The number of benzene rings is 2. The number of aliphatic hydroxyl groups is 1. The summed E-state index contributed by atoms with van der Waals surface area (Å²) in [5.41, 5.74) is 8.66. The van der Waals surface area contributed by atoms with Crippen molar-refractivity contribution in [3.05, 3.63) is 58.1 Å². The van der Waals surface area contributed by atoms with Crippen LogP contribution in [0.1, 0.15) is 11.1 Å². The second-order valence-electron chi connectivity index (χ2n) is 4.21. The van der Waals surface area contributed by atoms with Crippen LogP contribution in [-0.2, 0) is 13.0 Å². The molecule has 0 heterocycles. The normalized spacial score (nSPS) is 10.4. The number of nitrogen functional groups attached to an aromatic ring is 1. The minimum absolute atomic E-state index is 0.160. The van der Waals surface area contributed by atoms with Gasteiger partial charge in [-0.15, -0.1) is 0 Å². The summed E-state index contributed by atoms with van der Waals surface area (Å²) in [7, 11) is 0. The van der Waals surface area contributed by atoms with Gasteiger partial charge in [-0.1, -0.05) is 34.1 Å². The van der Waals surface area contributed by atoms with E-state index in [1.54, 1.807) is 0 Å². The Bertz CT molecular complexity index is 520. The van der Waals surface area contributed by atoms with Crippen molar-refractivity contribution < 1.29 is 9.84 Å². The largest absolute Gasteiger partial charge is 0.489 e. The SMILES string of the molecule is Nc1cccc(Br)c1COc1ccc(CCO)cc1. The molecule has 0 aliphatic heterocycles. The summed E-state index contributed by atoms with van der Waals surface area (Å²) in [5, 5.41) is 8.85. The molecule has 0 amide bonds. The van der Waals surface area contributed by atoms with E-state index >= 15 is 0 Å². The molecule has 0 aliphatic carbocycles. The van der Waals surface area contributed by atoms with Crippen LogP contribution in [0.2, 0.25) is 0 Å². The van der Waals surface area contributed by atoms with Gasteiger partial charge in [-0.2, -0.15) is 0 Å². The molecule has 3 nitrogen and oxygen atoms in total. The summed E-state index contributed by atoms with van der Waals surface area (Å²) in [6.07, 6.45) is 0.664. The van der Waals surface area contributed by atoms with Gasteiger partial charge in [-0.25, -0.2) is 0 Å². The van der Waals surface area contributed by atoms with Crippen LogP contribution in [0.5, 0.6) is 5.75 Å². The third-order valence-corrected chi connectivity index (χ3v) is 3.61. The van der Waals surface area contributed by atoms with E-state index in [2.05, 4.69) is 15.9 Å². The van der Waals surface area contributed by atoms with Gasteiger partial charge in [0.1, 0.15) is 12.4 Å². The fourth-order valence-electron chi connectivity index (χ4n) is 1.76. The highest BCUT2D eigenvalue weighted by Gasteiger charge is 2.05. The first-order valence-corrected chi connectivity index (χ1v) is 6.85. The van der Waals surface area contributed by atoms with E-state index in [9.17, 15) is 0 Å². The molecule has 2 aromatic rings. The maximum absolute atomic E-state index is 8.85. The van der Waals surface area contributed by atoms with Crippen molar-refractivity contribution in [3.63, 3.8) is 0 Å². The molecule has 2 aromatic carbocycles. The van der Waals surface area contributed by atoms with Gasteiger partial charge in [0.05, 0.1) is 0 Å². The van der Waals surface area contributed by atoms with Gasteiger partial charge in [0, 0.05) is 22.3 Å². The number of ether oxygens (including phenoxy) is 1. The summed E-state index contributed by atoms with van der Waals surface area (Å²) in [4.78, 5) is 0. The average molecular weight is 322 g/mol. The Morgan fingerprint density at radius 1 is 1.11 bits per heavy atom.